The van der Waals surface area contributed by atoms with Crippen molar-refractivity contribution in [1.82, 2.24) is 9.80 Å². The van der Waals surface area contributed by atoms with Gasteiger partial charge in [-0.25, -0.2) is 0 Å². The number of thiocarbonyl (C=S) groups is 1. The first-order valence-corrected chi connectivity index (χ1v) is 5.25. The van der Waals surface area contributed by atoms with Crippen LogP contribution in [0.25, 0.3) is 0 Å². The molecule has 0 spiro atoms. The van der Waals surface area contributed by atoms with E-state index in [0.717, 1.165) is 26.2 Å². The number of amides is 1. The van der Waals surface area contributed by atoms with Gasteiger partial charge in [-0.05, 0) is 7.05 Å². The smallest absolute Gasteiger partial charge is 0.223 e. The molecular weight excluding hydrogens is 198 g/mol. The first kappa shape index (κ1) is 11.4. The SMILES string of the molecule is CN1CCN(C(=O)CCC(N)=S)CC1. The van der Waals surface area contributed by atoms with Crippen molar-refractivity contribution in [2.24, 2.45) is 5.73 Å². The predicted octanol–water partition coefficient (Wildman–Crippen LogP) is -0.173. The highest BCUT2D eigenvalue weighted by molar-refractivity contribution is 7.80. The van der Waals surface area contributed by atoms with Crippen LogP contribution in [0.3, 0.4) is 0 Å². The minimum absolute atomic E-state index is 0.172. The van der Waals surface area contributed by atoms with Crippen LogP contribution in [0.4, 0.5) is 0 Å². The van der Waals surface area contributed by atoms with Gasteiger partial charge in [0.15, 0.2) is 0 Å². The van der Waals surface area contributed by atoms with E-state index in [9.17, 15) is 4.79 Å². The number of piperazine rings is 1. The van der Waals surface area contributed by atoms with Crippen LogP contribution in [-0.2, 0) is 4.79 Å². The van der Waals surface area contributed by atoms with E-state index in [1.165, 1.54) is 0 Å². The lowest BCUT2D eigenvalue weighted by Gasteiger charge is -2.32. The van der Waals surface area contributed by atoms with E-state index in [0.29, 0.717) is 17.8 Å². The standard InChI is InChI=1S/C9H17N3OS/c1-11-4-6-12(7-5-11)9(13)3-2-8(10)14/h2-7H2,1H3,(H2,10,14). The number of carbonyl (C=O) groups excluding carboxylic acids is 1. The number of rotatable bonds is 3. The second-order valence-corrected chi connectivity index (χ2v) is 4.17. The average molecular weight is 215 g/mol. The van der Waals surface area contributed by atoms with E-state index in [4.69, 9.17) is 18.0 Å². The molecule has 4 nitrogen and oxygen atoms in total. The number of nitrogens with zero attached hydrogens (tertiary/aromatic N) is 2. The minimum atomic E-state index is 0.172. The molecule has 1 aliphatic rings. The molecule has 80 valence electrons. The molecule has 0 bridgehead atoms. The Bertz CT molecular complexity index is 224. The molecular formula is C9H17N3OS. The molecule has 0 radical (unpaired) electrons. The third-order valence-corrected chi connectivity index (χ3v) is 2.65. The van der Waals surface area contributed by atoms with Crippen LogP contribution in [-0.4, -0.2) is 53.9 Å². The van der Waals surface area contributed by atoms with Crippen molar-refractivity contribution in [3.05, 3.63) is 0 Å². The Hall–Kier alpha value is -0.680. The molecule has 1 heterocycles. The van der Waals surface area contributed by atoms with Gasteiger partial charge in [0.2, 0.25) is 5.91 Å². The molecule has 1 saturated heterocycles. The molecule has 0 aromatic rings. The minimum Gasteiger partial charge on any atom is -0.393 e. The van der Waals surface area contributed by atoms with Crippen LogP contribution in [0.2, 0.25) is 0 Å². The van der Waals surface area contributed by atoms with E-state index >= 15 is 0 Å². The Morgan fingerprint density at radius 1 is 1.29 bits per heavy atom. The average Bonchev–Trinajstić information content (AvgIpc) is 2.15. The van der Waals surface area contributed by atoms with Gasteiger partial charge in [-0.15, -0.1) is 0 Å². The monoisotopic (exact) mass is 215 g/mol. The van der Waals surface area contributed by atoms with Crippen molar-refractivity contribution in [3.63, 3.8) is 0 Å². The zero-order chi connectivity index (χ0) is 10.6. The molecule has 0 atom stereocenters. The van der Waals surface area contributed by atoms with Crippen molar-refractivity contribution < 1.29 is 4.79 Å². The summed E-state index contributed by atoms with van der Waals surface area (Å²) < 4.78 is 0. The Balaban J connectivity index is 2.27. The van der Waals surface area contributed by atoms with Crippen LogP contribution >= 0.6 is 12.2 Å². The molecule has 14 heavy (non-hydrogen) atoms. The first-order valence-electron chi connectivity index (χ1n) is 4.84. The molecule has 5 heteroatoms. The summed E-state index contributed by atoms with van der Waals surface area (Å²) in [5, 5.41) is 0. The summed E-state index contributed by atoms with van der Waals surface area (Å²) in [5.41, 5.74) is 5.34. The number of hydrogen-bond donors (Lipinski definition) is 1. The zero-order valence-corrected chi connectivity index (χ0v) is 9.35. The van der Waals surface area contributed by atoms with Crippen LogP contribution in [0, 0.1) is 0 Å². The van der Waals surface area contributed by atoms with Crippen molar-refractivity contribution in [2.75, 3.05) is 33.2 Å². The Morgan fingerprint density at radius 3 is 2.36 bits per heavy atom. The number of likely N-dealkylation sites (N-methyl/N-ethyl adjacent to an activating group) is 1. The molecule has 0 aliphatic carbocycles. The van der Waals surface area contributed by atoms with E-state index in [1.54, 1.807) is 0 Å². The number of nitrogens with two attached hydrogens (primary N) is 1. The van der Waals surface area contributed by atoms with Gasteiger partial charge in [0.05, 0.1) is 4.99 Å². The summed E-state index contributed by atoms with van der Waals surface area (Å²) in [5.74, 6) is 0.172. The first-order chi connectivity index (χ1) is 6.59. The second-order valence-electron chi connectivity index (χ2n) is 3.65. The van der Waals surface area contributed by atoms with Gasteiger partial charge < -0.3 is 15.5 Å². The maximum Gasteiger partial charge on any atom is 0.223 e. The summed E-state index contributed by atoms with van der Waals surface area (Å²) in [7, 11) is 2.07. The topological polar surface area (TPSA) is 49.6 Å². The lowest BCUT2D eigenvalue weighted by molar-refractivity contribution is -0.132. The predicted molar refractivity (Wildman–Crippen MR) is 60.1 cm³/mol. The largest absolute Gasteiger partial charge is 0.393 e. The highest BCUT2D eigenvalue weighted by atomic mass is 32.1. The summed E-state index contributed by atoms with van der Waals surface area (Å²) in [6.45, 7) is 3.57. The number of hydrogen-bond acceptors (Lipinski definition) is 3. The Morgan fingerprint density at radius 2 is 1.86 bits per heavy atom. The molecule has 0 unspecified atom stereocenters. The summed E-state index contributed by atoms with van der Waals surface area (Å²) in [6, 6.07) is 0. The lowest BCUT2D eigenvalue weighted by atomic mass is 10.2. The molecule has 0 aromatic heterocycles. The fraction of sp³-hybridized carbons (Fsp3) is 0.778. The molecule has 1 amide bonds. The molecule has 2 N–H and O–H groups in total. The van der Waals surface area contributed by atoms with Gasteiger partial charge in [0.25, 0.3) is 0 Å². The third-order valence-electron chi connectivity index (χ3n) is 2.44. The van der Waals surface area contributed by atoms with Gasteiger partial charge in [-0.1, -0.05) is 12.2 Å². The van der Waals surface area contributed by atoms with Crippen molar-refractivity contribution in [1.29, 1.82) is 0 Å². The van der Waals surface area contributed by atoms with Crippen LogP contribution in [0.5, 0.6) is 0 Å². The van der Waals surface area contributed by atoms with Gasteiger partial charge in [0, 0.05) is 39.0 Å². The normalized spacial score (nSPS) is 18.2. The molecule has 1 fully saturated rings. The highest BCUT2D eigenvalue weighted by Gasteiger charge is 2.18. The van der Waals surface area contributed by atoms with Crippen LogP contribution < -0.4 is 5.73 Å². The maximum atomic E-state index is 11.6. The quantitative estimate of drug-likeness (QED) is 0.664. The van der Waals surface area contributed by atoms with E-state index < -0.39 is 0 Å². The summed E-state index contributed by atoms with van der Waals surface area (Å²) >= 11 is 4.73. The highest BCUT2D eigenvalue weighted by Crippen LogP contribution is 2.03. The Kier molecular flexibility index (Phi) is 4.28. The van der Waals surface area contributed by atoms with Crippen LogP contribution in [0.1, 0.15) is 12.8 Å². The summed E-state index contributed by atoms with van der Waals surface area (Å²) in [4.78, 5) is 16.1. The molecule has 0 aromatic carbocycles. The van der Waals surface area contributed by atoms with E-state index in [1.807, 2.05) is 4.90 Å². The van der Waals surface area contributed by atoms with Crippen molar-refractivity contribution in [2.45, 2.75) is 12.8 Å². The zero-order valence-electron chi connectivity index (χ0n) is 8.53. The van der Waals surface area contributed by atoms with Gasteiger partial charge >= 0.3 is 0 Å². The van der Waals surface area contributed by atoms with E-state index in [2.05, 4.69) is 11.9 Å². The Labute approximate surface area is 90.0 Å². The molecule has 1 aliphatic heterocycles. The van der Waals surface area contributed by atoms with Gasteiger partial charge in [0.1, 0.15) is 0 Å². The molecule has 1 rings (SSSR count). The summed E-state index contributed by atoms with van der Waals surface area (Å²) in [6.07, 6.45) is 0.986. The second kappa shape index (κ2) is 5.26. The fourth-order valence-corrected chi connectivity index (χ4v) is 1.55. The van der Waals surface area contributed by atoms with Gasteiger partial charge in [-0.2, -0.15) is 0 Å². The fourth-order valence-electron chi connectivity index (χ4n) is 1.44. The number of carbonyl (C=O) groups is 1. The van der Waals surface area contributed by atoms with Gasteiger partial charge in [-0.3, -0.25) is 4.79 Å². The molecule has 0 saturated carbocycles. The van der Waals surface area contributed by atoms with Crippen molar-refractivity contribution in [3.8, 4) is 0 Å². The van der Waals surface area contributed by atoms with Crippen molar-refractivity contribution >= 4 is 23.1 Å². The third kappa shape index (κ3) is 3.59. The maximum absolute atomic E-state index is 11.6. The van der Waals surface area contributed by atoms with E-state index in [-0.39, 0.29) is 5.91 Å². The van der Waals surface area contributed by atoms with Crippen LogP contribution in [0.15, 0.2) is 0 Å². The lowest BCUT2D eigenvalue weighted by Crippen LogP contribution is -2.47.